The van der Waals surface area contributed by atoms with Gasteiger partial charge in [0.15, 0.2) is 0 Å². The summed E-state index contributed by atoms with van der Waals surface area (Å²) in [6.45, 7) is 1.88. The van der Waals surface area contributed by atoms with E-state index >= 15 is 0 Å². The summed E-state index contributed by atoms with van der Waals surface area (Å²) in [5, 5.41) is 23.7. The molecule has 2 aliphatic heterocycles. The van der Waals surface area contributed by atoms with Crippen molar-refractivity contribution >= 4 is 0 Å². The van der Waals surface area contributed by atoms with E-state index in [1.54, 1.807) is 11.7 Å². The van der Waals surface area contributed by atoms with Gasteiger partial charge in [0.2, 0.25) is 11.8 Å². The molecule has 0 saturated heterocycles. The first-order chi connectivity index (χ1) is 9.69. The smallest absolute Gasteiger partial charge is 0.200 e. The Morgan fingerprint density at radius 1 is 1.35 bits per heavy atom. The number of nitrogens with zero attached hydrogens (tertiary/aromatic N) is 1. The van der Waals surface area contributed by atoms with Crippen LogP contribution in [0.3, 0.4) is 0 Å². The van der Waals surface area contributed by atoms with Crippen molar-refractivity contribution in [3.05, 3.63) is 22.8 Å². The number of hydrogen-bond donors (Lipinski definition) is 3. The molecule has 6 nitrogen and oxygen atoms in total. The molecule has 20 heavy (non-hydrogen) atoms. The highest BCUT2D eigenvalue weighted by Crippen LogP contribution is 2.57. The summed E-state index contributed by atoms with van der Waals surface area (Å²) in [5.41, 5.74) is 2.41. The van der Waals surface area contributed by atoms with Crippen molar-refractivity contribution < 1.29 is 19.7 Å². The van der Waals surface area contributed by atoms with E-state index in [9.17, 15) is 10.2 Å². The van der Waals surface area contributed by atoms with Crippen LogP contribution in [0.2, 0.25) is 0 Å². The van der Waals surface area contributed by atoms with Gasteiger partial charge >= 0.3 is 0 Å². The van der Waals surface area contributed by atoms with Crippen molar-refractivity contribution in [1.82, 2.24) is 9.88 Å². The molecule has 0 fully saturated rings. The minimum absolute atomic E-state index is 0.114. The van der Waals surface area contributed by atoms with E-state index in [2.05, 4.69) is 5.32 Å². The zero-order valence-electron chi connectivity index (χ0n) is 11.7. The van der Waals surface area contributed by atoms with Crippen LogP contribution in [-0.4, -0.2) is 42.1 Å². The Morgan fingerprint density at radius 3 is 2.80 bits per heavy atom. The van der Waals surface area contributed by atoms with Crippen LogP contribution in [0.25, 0.3) is 0 Å². The maximum Gasteiger partial charge on any atom is 0.200 e. The number of hydrogen-bond acceptors (Lipinski definition) is 5. The first-order valence-corrected chi connectivity index (χ1v) is 6.82. The molecule has 110 valence electrons. The normalized spacial score (nSPS) is 23.2. The monoisotopic (exact) mass is 280 g/mol. The van der Waals surface area contributed by atoms with E-state index in [0.717, 1.165) is 18.5 Å². The molecule has 3 rings (SSSR count). The van der Waals surface area contributed by atoms with Gasteiger partial charge in [-0.05, 0) is 31.7 Å². The van der Waals surface area contributed by atoms with Crippen molar-refractivity contribution in [2.45, 2.75) is 25.2 Å². The quantitative estimate of drug-likeness (QED) is 0.539. The van der Waals surface area contributed by atoms with Crippen molar-refractivity contribution in [2.24, 2.45) is 0 Å². The van der Waals surface area contributed by atoms with Gasteiger partial charge in [-0.25, -0.2) is 0 Å². The first kappa shape index (κ1) is 13.5. The summed E-state index contributed by atoms with van der Waals surface area (Å²) >= 11 is 0. The Morgan fingerprint density at radius 2 is 2.10 bits per heavy atom. The van der Waals surface area contributed by atoms with E-state index in [1.165, 1.54) is 0 Å². The number of methoxy groups -OCH3 is 1. The lowest BCUT2D eigenvalue weighted by Crippen LogP contribution is -2.11. The minimum atomic E-state index is -0.286. The lowest BCUT2D eigenvalue weighted by molar-refractivity contribution is 0.0719. The molecule has 2 unspecified atom stereocenters. The summed E-state index contributed by atoms with van der Waals surface area (Å²) in [4.78, 5) is 0. The van der Waals surface area contributed by atoms with Crippen LogP contribution in [0.5, 0.6) is 11.8 Å². The van der Waals surface area contributed by atoms with Crippen LogP contribution in [-0.2, 0) is 16.0 Å². The summed E-state index contributed by atoms with van der Waals surface area (Å²) in [6.07, 6.45) is 2.25. The second-order valence-electron chi connectivity index (χ2n) is 5.19. The molecule has 2 bridgehead atoms. The average molecular weight is 280 g/mol. The van der Waals surface area contributed by atoms with Crippen LogP contribution < -0.4 is 5.32 Å². The van der Waals surface area contributed by atoms with Gasteiger partial charge in [0.25, 0.3) is 0 Å². The molecule has 2 atom stereocenters. The minimum Gasteiger partial charge on any atom is -0.494 e. The topological polar surface area (TPSA) is 75.9 Å². The second kappa shape index (κ2) is 5.12. The van der Waals surface area contributed by atoms with Crippen LogP contribution in [0.15, 0.2) is 11.6 Å². The molecular formula is C14H20N2O4. The predicted molar refractivity (Wildman–Crippen MR) is 72.8 cm³/mol. The van der Waals surface area contributed by atoms with E-state index in [4.69, 9.17) is 9.47 Å². The van der Waals surface area contributed by atoms with Crippen molar-refractivity contribution in [2.75, 3.05) is 27.3 Å². The van der Waals surface area contributed by atoms with Crippen LogP contribution >= 0.6 is 0 Å². The fraction of sp³-hybridized carbons (Fsp3) is 0.571. The van der Waals surface area contributed by atoms with Crippen molar-refractivity contribution in [1.29, 1.82) is 0 Å². The highest BCUT2D eigenvalue weighted by atomic mass is 16.5. The average Bonchev–Trinajstić information content (AvgIpc) is 3.06. The fourth-order valence-corrected chi connectivity index (χ4v) is 3.05. The number of rotatable bonds is 6. The molecule has 0 aliphatic carbocycles. The lowest BCUT2D eigenvalue weighted by atomic mass is 9.95. The number of aromatic nitrogens is 1. The zero-order valence-corrected chi connectivity index (χ0v) is 11.7. The SMILES string of the molecule is CNCCCn1c(O)c2c(c1O)C1OC2C=C1COC. The molecule has 0 spiro atoms. The van der Waals surface area contributed by atoms with Gasteiger partial charge in [0.1, 0.15) is 12.2 Å². The fourth-order valence-electron chi connectivity index (χ4n) is 3.05. The molecule has 6 heteroatoms. The largest absolute Gasteiger partial charge is 0.494 e. The Bertz CT molecular complexity index is 550. The molecule has 2 aliphatic rings. The first-order valence-electron chi connectivity index (χ1n) is 6.82. The Kier molecular flexibility index (Phi) is 3.45. The van der Waals surface area contributed by atoms with Crippen molar-refractivity contribution in [3.63, 3.8) is 0 Å². The highest BCUT2D eigenvalue weighted by molar-refractivity contribution is 5.57. The number of aromatic hydroxyl groups is 2. The molecule has 3 N–H and O–H groups in total. The molecule has 0 saturated carbocycles. The standard InChI is InChI=1S/C14H20N2O4/c1-15-4-3-5-16-13(17)10-9-6-8(7-19-2)12(20-9)11(10)14(16)18/h6,9,12,15,17-18H,3-5,7H2,1-2H3. The summed E-state index contributed by atoms with van der Waals surface area (Å²) in [6, 6.07) is 0. The second-order valence-corrected chi connectivity index (χ2v) is 5.19. The van der Waals surface area contributed by atoms with Gasteiger partial charge in [0.05, 0.1) is 17.7 Å². The third-order valence-electron chi connectivity index (χ3n) is 3.93. The molecule has 0 aromatic carbocycles. The molecule has 1 aromatic rings. The third kappa shape index (κ3) is 1.83. The van der Waals surface area contributed by atoms with Crippen LogP contribution in [0.4, 0.5) is 0 Å². The number of ether oxygens (including phenoxy) is 2. The molecular weight excluding hydrogens is 260 g/mol. The maximum absolute atomic E-state index is 10.4. The third-order valence-corrected chi connectivity index (χ3v) is 3.93. The van der Waals surface area contributed by atoms with Crippen LogP contribution in [0.1, 0.15) is 29.8 Å². The van der Waals surface area contributed by atoms with Gasteiger partial charge in [-0.15, -0.1) is 0 Å². The molecule has 0 radical (unpaired) electrons. The van der Waals surface area contributed by atoms with E-state index in [0.29, 0.717) is 24.3 Å². The van der Waals surface area contributed by atoms with E-state index in [1.807, 2.05) is 13.1 Å². The molecule has 3 heterocycles. The van der Waals surface area contributed by atoms with E-state index < -0.39 is 0 Å². The van der Waals surface area contributed by atoms with Gasteiger partial charge in [-0.3, -0.25) is 4.57 Å². The van der Waals surface area contributed by atoms with Gasteiger partial charge in [-0.1, -0.05) is 0 Å². The van der Waals surface area contributed by atoms with Gasteiger partial charge in [-0.2, -0.15) is 0 Å². The summed E-state index contributed by atoms with van der Waals surface area (Å²) < 4.78 is 12.5. The Labute approximate surface area is 117 Å². The predicted octanol–water partition coefficient (Wildman–Crippen LogP) is 1.21. The summed E-state index contributed by atoms with van der Waals surface area (Å²) in [5.74, 6) is 0.233. The summed E-state index contributed by atoms with van der Waals surface area (Å²) in [7, 11) is 3.51. The molecule has 1 aromatic heterocycles. The Balaban J connectivity index is 1.89. The van der Waals surface area contributed by atoms with Crippen molar-refractivity contribution in [3.8, 4) is 11.8 Å². The molecule has 0 amide bonds. The Hall–Kier alpha value is -1.50. The van der Waals surface area contributed by atoms with Gasteiger partial charge < -0.3 is 25.0 Å². The lowest BCUT2D eigenvalue weighted by Gasteiger charge is -2.12. The van der Waals surface area contributed by atoms with Crippen LogP contribution in [0, 0.1) is 0 Å². The number of fused-ring (bicyclic) bond motifs is 5. The number of nitrogens with one attached hydrogen (secondary N) is 1. The highest BCUT2D eigenvalue weighted by Gasteiger charge is 2.45. The maximum atomic E-state index is 10.4. The zero-order chi connectivity index (χ0) is 14.3. The van der Waals surface area contributed by atoms with E-state index in [-0.39, 0.29) is 24.0 Å². The van der Waals surface area contributed by atoms with Gasteiger partial charge in [0, 0.05) is 13.7 Å².